The van der Waals surface area contributed by atoms with Gasteiger partial charge in [0.25, 0.3) is 0 Å². The highest BCUT2D eigenvalue weighted by Crippen LogP contribution is 1.78. The second-order valence-corrected chi connectivity index (χ2v) is 0.963. The highest BCUT2D eigenvalue weighted by atomic mass is 16.9. The van der Waals surface area contributed by atoms with Crippen molar-refractivity contribution in [1.82, 2.24) is 5.23 Å². The van der Waals surface area contributed by atoms with Crippen molar-refractivity contribution in [3.05, 3.63) is 5.21 Å². The Morgan fingerprint density at radius 3 is 2.57 bits per heavy atom. The molecular formula is C3H8NO3-. The van der Waals surface area contributed by atoms with E-state index >= 15 is 0 Å². The largest absolute Gasteiger partial charge is 0.762 e. The van der Waals surface area contributed by atoms with Crippen LogP contribution in [0.3, 0.4) is 0 Å². The molecule has 4 nitrogen and oxygen atoms in total. The van der Waals surface area contributed by atoms with Gasteiger partial charge in [-0.2, -0.15) is 0 Å². The topological polar surface area (TPSA) is 55.8 Å². The molecule has 0 aliphatic rings. The van der Waals surface area contributed by atoms with E-state index < -0.39 is 0 Å². The Hall–Kier alpha value is -0.160. The standard InChI is InChI=1S/C3H8NO3/c1-7-4(6)2-3-5/h5H,2-3H2,1H3/q-1. The van der Waals surface area contributed by atoms with Gasteiger partial charge >= 0.3 is 0 Å². The first-order chi connectivity index (χ1) is 3.31. The third-order valence-corrected chi connectivity index (χ3v) is 0.486. The summed E-state index contributed by atoms with van der Waals surface area (Å²) in [7, 11) is 1.25. The number of nitrogens with zero attached hydrogens (tertiary/aromatic N) is 1. The van der Waals surface area contributed by atoms with Crippen molar-refractivity contribution in [3.63, 3.8) is 0 Å². The quantitative estimate of drug-likeness (QED) is 0.485. The first-order valence-electron chi connectivity index (χ1n) is 1.91. The summed E-state index contributed by atoms with van der Waals surface area (Å²) in [4.78, 5) is 4.11. The summed E-state index contributed by atoms with van der Waals surface area (Å²) in [6, 6.07) is 0. The van der Waals surface area contributed by atoms with Gasteiger partial charge in [-0.05, 0) is 0 Å². The number of aliphatic hydroxyl groups is 1. The minimum Gasteiger partial charge on any atom is -0.762 e. The van der Waals surface area contributed by atoms with E-state index in [0.29, 0.717) is 5.23 Å². The minimum atomic E-state index is -0.169. The molecule has 4 heteroatoms. The zero-order chi connectivity index (χ0) is 5.70. The SMILES string of the molecule is CON([O-])CCO. The number of hydrogen-bond donors (Lipinski definition) is 1. The molecule has 7 heavy (non-hydrogen) atoms. The van der Waals surface area contributed by atoms with Gasteiger partial charge in [0.2, 0.25) is 0 Å². The maximum Gasteiger partial charge on any atom is 0.0570 e. The maximum atomic E-state index is 9.95. The van der Waals surface area contributed by atoms with E-state index in [0.717, 1.165) is 0 Å². The maximum absolute atomic E-state index is 9.95. The molecule has 0 saturated carbocycles. The third kappa shape index (κ3) is 3.68. The van der Waals surface area contributed by atoms with Gasteiger partial charge in [0.05, 0.1) is 13.7 Å². The van der Waals surface area contributed by atoms with Gasteiger partial charge in [0, 0.05) is 6.54 Å². The summed E-state index contributed by atoms with van der Waals surface area (Å²) in [6.07, 6.45) is 0. The molecule has 44 valence electrons. The predicted octanol–water partition coefficient (Wildman–Crippen LogP) is -0.660. The molecule has 0 fully saturated rings. The summed E-state index contributed by atoms with van der Waals surface area (Å²) in [5, 5.41) is 18.3. The molecule has 0 radical (unpaired) electrons. The first-order valence-corrected chi connectivity index (χ1v) is 1.91. The van der Waals surface area contributed by atoms with Gasteiger partial charge in [-0.1, -0.05) is 0 Å². The third-order valence-electron chi connectivity index (χ3n) is 0.486. The van der Waals surface area contributed by atoms with Crippen molar-refractivity contribution in [2.45, 2.75) is 0 Å². The summed E-state index contributed by atoms with van der Waals surface area (Å²) in [5.74, 6) is 0. The van der Waals surface area contributed by atoms with E-state index in [2.05, 4.69) is 4.84 Å². The molecule has 0 aliphatic heterocycles. The lowest BCUT2D eigenvalue weighted by molar-refractivity contribution is -0.0942. The Morgan fingerprint density at radius 1 is 1.86 bits per heavy atom. The lowest BCUT2D eigenvalue weighted by atomic mass is 10.7. The molecule has 0 aromatic rings. The molecule has 1 N–H and O–H groups in total. The average molecular weight is 106 g/mol. The Bertz CT molecular complexity index is 41.2. The molecule has 0 unspecified atom stereocenters. The molecule has 0 heterocycles. The fourth-order valence-electron chi connectivity index (χ4n) is 0.173. The van der Waals surface area contributed by atoms with Crippen LogP contribution in [0.1, 0.15) is 0 Å². The number of rotatable bonds is 3. The minimum absolute atomic E-state index is 0.0104. The van der Waals surface area contributed by atoms with Gasteiger partial charge in [0.15, 0.2) is 0 Å². The van der Waals surface area contributed by atoms with Crippen molar-refractivity contribution in [1.29, 1.82) is 0 Å². The zero-order valence-corrected chi connectivity index (χ0v) is 4.13. The molecule has 0 aliphatic carbocycles. The van der Waals surface area contributed by atoms with Crippen molar-refractivity contribution in [2.24, 2.45) is 0 Å². The van der Waals surface area contributed by atoms with Crippen molar-refractivity contribution in [2.75, 3.05) is 20.3 Å². The Kier molecular flexibility index (Phi) is 3.92. The van der Waals surface area contributed by atoms with Crippen molar-refractivity contribution < 1.29 is 9.94 Å². The van der Waals surface area contributed by atoms with E-state index in [9.17, 15) is 5.21 Å². The van der Waals surface area contributed by atoms with E-state index in [1.54, 1.807) is 0 Å². The molecular weight excluding hydrogens is 98.0 g/mol. The van der Waals surface area contributed by atoms with Crippen LogP contribution in [0.4, 0.5) is 0 Å². The van der Waals surface area contributed by atoms with Gasteiger partial charge in [-0.3, -0.25) is 5.23 Å². The van der Waals surface area contributed by atoms with Crippen LogP contribution >= 0.6 is 0 Å². The molecule has 0 atom stereocenters. The average Bonchev–Trinajstić information content (AvgIpc) is 1.68. The smallest absolute Gasteiger partial charge is 0.0570 e. The van der Waals surface area contributed by atoms with Crippen LogP contribution in [0.2, 0.25) is 0 Å². The second kappa shape index (κ2) is 4.01. The van der Waals surface area contributed by atoms with E-state index in [1.165, 1.54) is 7.11 Å². The highest BCUT2D eigenvalue weighted by molar-refractivity contribution is 4.37. The Labute approximate surface area is 41.8 Å². The fraction of sp³-hybridized carbons (Fsp3) is 1.00. The molecule has 0 aromatic heterocycles. The summed E-state index contributed by atoms with van der Waals surface area (Å²) < 4.78 is 0. The van der Waals surface area contributed by atoms with Crippen LogP contribution in [0.25, 0.3) is 0 Å². The van der Waals surface area contributed by atoms with Crippen LogP contribution < -0.4 is 0 Å². The van der Waals surface area contributed by atoms with Crippen LogP contribution in [0.5, 0.6) is 0 Å². The highest BCUT2D eigenvalue weighted by Gasteiger charge is 1.80. The van der Waals surface area contributed by atoms with Gasteiger partial charge < -0.3 is 15.2 Å². The summed E-state index contributed by atoms with van der Waals surface area (Å²) in [5.41, 5.74) is 0. The van der Waals surface area contributed by atoms with E-state index in [1.807, 2.05) is 0 Å². The van der Waals surface area contributed by atoms with Gasteiger partial charge in [0.1, 0.15) is 0 Å². The van der Waals surface area contributed by atoms with Crippen LogP contribution in [0, 0.1) is 5.21 Å². The normalized spacial score (nSPS) is 10.3. The fourth-order valence-corrected chi connectivity index (χ4v) is 0.173. The monoisotopic (exact) mass is 106 g/mol. The van der Waals surface area contributed by atoms with Crippen molar-refractivity contribution in [3.8, 4) is 0 Å². The van der Waals surface area contributed by atoms with Crippen molar-refractivity contribution >= 4 is 0 Å². The Morgan fingerprint density at radius 2 is 2.43 bits per heavy atom. The molecule has 0 aromatic carbocycles. The molecule has 0 bridgehead atoms. The molecule has 0 spiro atoms. The number of aliphatic hydroxyl groups excluding tert-OH is 1. The number of hydrogen-bond acceptors (Lipinski definition) is 4. The molecule has 0 saturated heterocycles. The summed E-state index contributed by atoms with van der Waals surface area (Å²) in [6.45, 7) is -0.159. The first kappa shape index (κ1) is 6.84. The van der Waals surface area contributed by atoms with Gasteiger partial charge in [-0.25, -0.2) is 0 Å². The van der Waals surface area contributed by atoms with Crippen LogP contribution in [-0.4, -0.2) is 30.6 Å². The van der Waals surface area contributed by atoms with E-state index in [4.69, 9.17) is 5.11 Å². The van der Waals surface area contributed by atoms with Gasteiger partial charge in [-0.15, -0.1) is 0 Å². The zero-order valence-electron chi connectivity index (χ0n) is 4.13. The van der Waals surface area contributed by atoms with Crippen LogP contribution in [-0.2, 0) is 4.84 Å². The lowest BCUT2D eigenvalue weighted by Gasteiger charge is -2.22. The molecule has 0 rings (SSSR count). The summed E-state index contributed by atoms with van der Waals surface area (Å²) >= 11 is 0. The molecule has 0 amide bonds. The number of hydroxylamine groups is 2. The van der Waals surface area contributed by atoms with E-state index in [-0.39, 0.29) is 13.2 Å². The van der Waals surface area contributed by atoms with Crippen LogP contribution in [0.15, 0.2) is 0 Å². The Balaban J connectivity index is 2.83. The second-order valence-electron chi connectivity index (χ2n) is 0.963. The predicted molar refractivity (Wildman–Crippen MR) is 24.2 cm³/mol. The lowest BCUT2D eigenvalue weighted by Crippen LogP contribution is -2.18.